The van der Waals surface area contributed by atoms with Crippen LogP contribution in [0.3, 0.4) is 0 Å². The van der Waals surface area contributed by atoms with E-state index < -0.39 is 0 Å². The minimum atomic E-state index is -0.0251. The van der Waals surface area contributed by atoms with Crippen molar-refractivity contribution in [3.05, 3.63) is 27.7 Å². The molecule has 2 rings (SSSR count). The maximum Gasteiger partial charge on any atom is 0.254 e. The zero-order valence-corrected chi connectivity index (χ0v) is 12.6. The number of nitrogen functional groups attached to an aromatic ring is 1. The lowest BCUT2D eigenvalue weighted by atomic mass is 9.94. The standard InChI is InChI=1S/C14H18Cl2N2O/c1-8-3-4-9(2)18(7-8)14(19)10-5-11(15)13(17)12(16)6-10/h5-6,8-9H,3-4,7,17H2,1-2H3. The number of hydrogen-bond acceptors (Lipinski definition) is 2. The highest BCUT2D eigenvalue weighted by Crippen LogP contribution is 2.30. The van der Waals surface area contributed by atoms with E-state index >= 15 is 0 Å². The number of carbonyl (C=O) groups is 1. The summed E-state index contributed by atoms with van der Waals surface area (Å²) in [5.41, 5.74) is 6.51. The summed E-state index contributed by atoms with van der Waals surface area (Å²) < 4.78 is 0. The molecular formula is C14H18Cl2N2O. The molecule has 19 heavy (non-hydrogen) atoms. The van der Waals surface area contributed by atoms with Gasteiger partial charge in [-0.05, 0) is 37.8 Å². The third kappa shape index (κ3) is 2.98. The Labute approximate surface area is 123 Å². The average molecular weight is 301 g/mol. The van der Waals surface area contributed by atoms with E-state index in [0.29, 0.717) is 27.2 Å². The van der Waals surface area contributed by atoms with Gasteiger partial charge in [0.1, 0.15) is 0 Å². The van der Waals surface area contributed by atoms with Gasteiger partial charge in [-0.25, -0.2) is 0 Å². The second-order valence-corrected chi connectivity index (χ2v) is 6.16. The number of rotatable bonds is 1. The van der Waals surface area contributed by atoms with Crippen LogP contribution in [0.25, 0.3) is 0 Å². The number of anilines is 1. The number of amides is 1. The monoisotopic (exact) mass is 300 g/mol. The van der Waals surface area contributed by atoms with Crippen molar-refractivity contribution in [2.24, 2.45) is 5.92 Å². The molecule has 2 atom stereocenters. The first-order valence-corrected chi connectivity index (χ1v) is 7.21. The molecule has 104 valence electrons. The van der Waals surface area contributed by atoms with Crippen LogP contribution < -0.4 is 5.73 Å². The lowest BCUT2D eigenvalue weighted by Gasteiger charge is -2.37. The molecule has 0 radical (unpaired) electrons. The van der Waals surface area contributed by atoms with E-state index in [9.17, 15) is 4.79 Å². The summed E-state index contributed by atoms with van der Waals surface area (Å²) >= 11 is 12.0. The van der Waals surface area contributed by atoms with Gasteiger partial charge in [0.25, 0.3) is 5.91 Å². The number of carbonyl (C=O) groups excluding carboxylic acids is 1. The molecule has 1 saturated heterocycles. The number of benzene rings is 1. The fourth-order valence-corrected chi connectivity index (χ4v) is 2.93. The van der Waals surface area contributed by atoms with Gasteiger partial charge in [0.05, 0.1) is 15.7 Å². The second kappa shape index (κ2) is 5.59. The average Bonchev–Trinajstić information content (AvgIpc) is 2.37. The van der Waals surface area contributed by atoms with Crippen molar-refractivity contribution in [3.8, 4) is 0 Å². The smallest absolute Gasteiger partial charge is 0.254 e. The van der Waals surface area contributed by atoms with Crippen molar-refractivity contribution >= 4 is 34.8 Å². The number of halogens is 2. The molecule has 0 spiro atoms. The molecule has 1 amide bonds. The molecule has 0 saturated carbocycles. The Hall–Kier alpha value is -0.930. The van der Waals surface area contributed by atoms with Gasteiger partial charge in [-0.15, -0.1) is 0 Å². The zero-order valence-electron chi connectivity index (χ0n) is 11.1. The molecule has 5 heteroatoms. The van der Waals surface area contributed by atoms with Crippen molar-refractivity contribution in [1.82, 2.24) is 4.90 Å². The van der Waals surface area contributed by atoms with Crippen LogP contribution in [-0.4, -0.2) is 23.4 Å². The first-order valence-electron chi connectivity index (χ1n) is 6.45. The summed E-state index contributed by atoms with van der Waals surface area (Å²) in [6, 6.07) is 3.44. The van der Waals surface area contributed by atoms with Gasteiger partial charge in [0, 0.05) is 18.2 Å². The lowest BCUT2D eigenvalue weighted by Crippen LogP contribution is -2.44. The first kappa shape index (κ1) is 14.5. The first-order chi connectivity index (χ1) is 8.90. The Morgan fingerprint density at radius 2 is 1.84 bits per heavy atom. The molecule has 1 aliphatic rings. The van der Waals surface area contributed by atoms with Crippen LogP contribution in [0, 0.1) is 5.92 Å². The van der Waals surface area contributed by atoms with Gasteiger partial charge >= 0.3 is 0 Å². The van der Waals surface area contributed by atoms with E-state index in [1.54, 1.807) is 12.1 Å². The molecule has 1 fully saturated rings. The van der Waals surface area contributed by atoms with Gasteiger partial charge in [0.2, 0.25) is 0 Å². The Bertz CT molecular complexity index is 481. The van der Waals surface area contributed by atoms with Crippen molar-refractivity contribution in [2.75, 3.05) is 12.3 Å². The van der Waals surface area contributed by atoms with Gasteiger partial charge in [-0.3, -0.25) is 4.79 Å². The molecular weight excluding hydrogens is 283 g/mol. The summed E-state index contributed by atoms with van der Waals surface area (Å²) in [5, 5.41) is 0.655. The summed E-state index contributed by atoms with van der Waals surface area (Å²) in [5.74, 6) is 0.503. The van der Waals surface area contributed by atoms with Crippen LogP contribution in [0.4, 0.5) is 5.69 Å². The van der Waals surface area contributed by atoms with Crippen LogP contribution in [-0.2, 0) is 0 Å². The minimum Gasteiger partial charge on any atom is -0.396 e. The molecule has 0 aliphatic carbocycles. The molecule has 1 aromatic rings. The van der Waals surface area contributed by atoms with E-state index in [1.165, 1.54) is 0 Å². The zero-order chi connectivity index (χ0) is 14.2. The molecule has 1 aliphatic heterocycles. The Balaban J connectivity index is 2.28. The van der Waals surface area contributed by atoms with Crippen LogP contribution >= 0.6 is 23.2 Å². The minimum absolute atomic E-state index is 0.0251. The Morgan fingerprint density at radius 3 is 2.42 bits per heavy atom. The Kier molecular flexibility index (Phi) is 4.26. The lowest BCUT2D eigenvalue weighted by molar-refractivity contribution is 0.0574. The molecule has 2 N–H and O–H groups in total. The largest absolute Gasteiger partial charge is 0.396 e. The highest BCUT2D eigenvalue weighted by molar-refractivity contribution is 6.39. The van der Waals surface area contributed by atoms with Crippen LogP contribution in [0.1, 0.15) is 37.0 Å². The molecule has 1 aromatic carbocycles. The molecule has 1 heterocycles. The maximum atomic E-state index is 12.5. The van der Waals surface area contributed by atoms with Crippen molar-refractivity contribution < 1.29 is 4.79 Å². The highest BCUT2D eigenvalue weighted by Gasteiger charge is 2.28. The molecule has 0 aromatic heterocycles. The molecule has 2 unspecified atom stereocenters. The second-order valence-electron chi connectivity index (χ2n) is 5.34. The fraction of sp³-hybridized carbons (Fsp3) is 0.500. The predicted octanol–water partition coefficient (Wildman–Crippen LogP) is 3.84. The summed E-state index contributed by atoms with van der Waals surface area (Å²) in [6.07, 6.45) is 2.19. The van der Waals surface area contributed by atoms with Gasteiger partial charge in [-0.2, -0.15) is 0 Å². The summed E-state index contributed by atoms with van der Waals surface area (Å²) in [7, 11) is 0. The van der Waals surface area contributed by atoms with Crippen LogP contribution in [0.5, 0.6) is 0 Å². The number of piperidine rings is 1. The third-order valence-electron chi connectivity index (χ3n) is 3.70. The quantitative estimate of drug-likeness (QED) is 0.801. The highest BCUT2D eigenvalue weighted by atomic mass is 35.5. The predicted molar refractivity (Wildman–Crippen MR) is 79.8 cm³/mol. The van der Waals surface area contributed by atoms with Crippen molar-refractivity contribution in [2.45, 2.75) is 32.7 Å². The van der Waals surface area contributed by atoms with Crippen LogP contribution in [0.15, 0.2) is 12.1 Å². The topological polar surface area (TPSA) is 46.3 Å². The number of nitrogens with zero attached hydrogens (tertiary/aromatic N) is 1. The van der Waals surface area contributed by atoms with Gasteiger partial charge < -0.3 is 10.6 Å². The number of hydrogen-bond donors (Lipinski definition) is 1. The SMILES string of the molecule is CC1CCC(C)N(C(=O)c2cc(Cl)c(N)c(Cl)c2)C1. The van der Waals surface area contributed by atoms with E-state index in [2.05, 4.69) is 13.8 Å². The number of nitrogens with two attached hydrogens (primary N) is 1. The Morgan fingerprint density at radius 1 is 1.26 bits per heavy atom. The van der Waals surface area contributed by atoms with Gasteiger partial charge in [-0.1, -0.05) is 30.1 Å². The van der Waals surface area contributed by atoms with Crippen molar-refractivity contribution in [3.63, 3.8) is 0 Å². The van der Waals surface area contributed by atoms with E-state index in [4.69, 9.17) is 28.9 Å². The summed E-state index contributed by atoms with van der Waals surface area (Å²) in [4.78, 5) is 14.4. The van der Waals surface area contributed by atoms with Crippen molar-refractivity contribution in [1.29, 1.82) is 0 Å². The van der Waals surface area contributed by atoms with E-state index in [1.807, 2.05) is 4.90 Å². The normalized spacial score (nSPS) is 23.5. The van der Waals surface area contributed by atoms with E-state index in [-0.39, 0.29) is 11.9 Å². The molecule has 0 bridgehead atoms. The fourth-order valence-electron chi connectivity index (χ4n) is 2.45. The van der Waals surface area contributed by atoms with Gasteiger partial charge in [0.15, 0.2) is 0 Å². The van der Waals surface area contributed by atoms with E-state index in [0.717, 1.165) is 19.4 Å². The summed E-state index contributed by atoms with van der Waals surface area (Å²) in [6.45, 7) is 5.01. The molecule has 3 nitrogen and oxygen atoms in total. The third-order valence-corrected chi connectivity index (χ3v) is 4.33. The number of likely N-dealkylation sites (tertiary alicyclic amines) is 1. The maximum absolute atomic E-state index is 12.5. The van der Waals surface area contributed by atoms with Crippen LogP contribution in [0.2, 0.25) is 10.0 Å².